The molecule has 6 nitrogen and oxygen atoms in total. The Morgan fingerprint density at radius 1 is 1.56 bits per heavy atom. The third-order valence-corrected chi connectivity index (χ3v) is 1.72. The zero-order chi connectivity index (χ0) is 12.0. The summed E-state index contributed by atoms with van der Waals surface area (Å²) < 4.78 is 5.21. The van der Waals surface area contributed by atoms with Crippen molar-refractivity contribution < 1.29 is 14.3 Å². The second-order valence-corrected chi connectivity index (χ2v) is 2.86. The van der Waals surface area contributed by atoms with E-state index in [4.69, 9.17) is 10.5 Å². The normalized spacial score (nSPS) is 9.62. The van der Waals surface area contributed by atoms with E-state index in [9.17, 15) is 9.59 Å². The minimum absolute atomic E-state index is 0.0751. The van der Waals surface area contributed by atoms with Gasteiger partial charge in [0.1, 0.15) is 0 Å². The average Bonchev–Trinajstić information content (AvgIpc) is 2.30. The van der Waals surface area contributed by atoms with Crippen LogP contribution < -0.4 is 15.8 Å². The van der Waals surface area contributed by atoms with Gasteiger partial charge in [-0.15, -0.1) is 0 Å². The number of carbonyl (C=O) groups is 2. The molecule has 1 rings (SSSR count). The zero-order valence-electron chi connectivity index (χ0n) is 8.90. The van der Waals surface area contributed by atoms with E-state index in [0.717, 1.165) is 0 Å². The molecule has 1 heterocycles. The van der Waals surface area contributed by atoms with Gasteiger partial charge in [0.2, 0.25) is 5.91 Å². The van der Waals surface area contributed by atoms with Crippen LogP contribution in [0.3, 0.4) is 0 Å². The first-order valence-electron chi connectivity index (χ1n) is 4.81. The molecule has 86 valence electrons. The maximum absolute atomic E-state index is 11.6. The van der Waals surface area contributed by atoms with Crippen LogP contribution in [0.25, 0.3) is 0 Å². The molecule has 0 aliphatic rings. The lowest BCUT2D eigenvalue weighted by molar-refractivity contribution is -0.118. The zero-order valence-corrected chi connectivity index (χ0v) is 8.90. The molecule has 1 aromatic rings. The maximum Gasteiger partial charge on any atom is 0.280 e. The van der Waals surface area contributed by atoms with Crippen molar-refractivity contribution in [1.29, 1.82) is 0 Å². The fourth-order valence-electron chi connectivity index (χ4n) is 1.07. The van der Waals surface area contributed by atoms with Gasteiger partial charge in [0.15, 0.2) is 11.4 Å². The summed E-state index contributed by atoms with van der Waals surface area (Å²) in [5.41, 5.74) is 5.15. The second kappa shape index (κ2) is 5.82. The van der Waals surface area contributed by atoms with Crippen LogP contribution in [-0.4, -0.2) is 29.9 Å². The Hall–Kier alpha value is -1.95. The smallest absolute Gasteiger partial charge is 0.280 e. The van der Waals surface area contributed by atoms with Crippen molar-refractivity contribution in [2.75, 3.05) is 13.2 Å². The molecule has 0 atom stereocenters. The molecule has 0 fully saturated rings. The van der Waals surface area contributed by atoms with E-state index in [1.54, 1.807) is 19.1 Å². The number of aromatic nitrogens is 1. The SMILES string of the molecule is CCOc1cccnc1C(=O)NC(=O)CN. The van der Waals surface area contributed by atoms with Gasteiger partial charge in [0.05, 0.1) is 13.2 Å². The highest BCUT2D eigenvalue weighted by molar-refractivity contribution is 6.05. The largest absolute Gasteiger partial charge is 0.491 e. The van der Waals surface area contributed by atoms with Crippen molar-refractivity contribution in [2.45, 2.75) is 6.92 Å². The number of nitrogens with one attached hydrogen (secondary N) is 1. The summed E-state index contributed by atoms with van der Waals surface area (Å²) in [6.07, 6.45) is 1.45. The van der Waals surface area contributed by atoms with Crippen molar-refractivity contribution in [2.24, 2.45) is 5.73 Å². The standard InChI is InChI=1S/C10H13N3O3/c1-2-16-7-4-3-5-12-9(7)10(15)13-8(14)6-11/h3-5H,2,6,11H2,1H3,(H,13,14,15). The van der Waals surface area contributed by atoms with Gasteiger partial charge >= 0.3 is 0 Å². The molecule has 3 N–H and O–H groups in total. The predicted octanol–water partition coefficient (Wildman–Crippen LogP) is -0.305. The number of nitrogens with two attached hydrogens (primary N) is 1. The Bertz CT molecular complexity index is 393. The first-order valence-corrected chi connectivity index (χ1v) is 4.81. The lowest BCUT2D eigenvalue weighted by Crippen LogP contribution is -2.36. The molecule has 1 aromatic heterocycles. The molecule has 2 amide bonds. The van der Waals surface area contributed by atoms with Crippen LogP contribution in [0.5, 0.6) is 5.75 Å². The number of rotatable bonds is 4. The molecule has 0 aromatic carbocycles. The van der Waals surface area contributed by atoms with Gasteiger partial charge in [-0.05, 0) is 19.1 Å². The third-order valence-electron chi connectivity index (χ3n) is 1.72. The quantitative estimate of drug-likeness (QED) is 0.730. The van der Waals surface area contributed by atoms with E-state index >= 15 is 0 Å². The van der Waals surface area contributed by atoms with Gasteiger partial charge in [-0.1, -0.05) is 0 Å². The third kappa shape index (κ3) is 3.03. The minimum atomic E-state index is -0.612. The molecule has 0 unspecified atom stereocenters. The summed E-state index contributed by atoms with van der Waals surface area (Å²) in [5, 5.41) is 2.10. The number of pyridine rings is 1. The van der Waals surface area contributed by atoms with E-state index in [-0.39, 0.29) is 12.2 Å². The average molecular weight is 223 g/mol. The Labute approximate surface area is 92.8 Å². The monoisotopic (exact) mass is 223 g/mol. The molecule has 0 aliphatic carbocycles. The number of amides is 2. The molecule has 0 saturated carbocycles. The van der Waals surface area contributed by atoms with E-state index in [1.165, 1.54) is 6.20 Å². The summed E-state index contributed by atoms with van der Waals surface area (Å²) in [6, 6.07) is 3.25. The predicted molar refractivity (Wildman–Crippen MR) is 56.9 cm³/mol. The van der Waals surface area contributed by atoms with Gasteiger partial charge in [-0.25, -0.2) is 4.98 Å². The fourth-order valence-corrected chi connectivity index (χ4v) is 1.07. The fraction of sp³-hybridized carbons (Fsp3) is 0.300. The Balaban J connectivity index is 2.85. The van der Waals surface area contributed by atoms with Crippen molar-refractivity contribution in [3.05, 3.63) is 24.0 Å². The second-order valence-electron chi connectivity index (χ2n) is 2.86. The molecule has 0 bridgehead atoms. The molecule has 0 aliphatic heterocycles. The molecular formula is C10H13N3O3. The lowest BCUT2D eigenvalue weighted by atomic mass is 10.3. The molecule has 6 heteroatoms. The topological polar surface area (TPSA) is 94.3 Å². The summed E-state index contributed by atoms with van der Waals surface area (Å²) >= 11 is 0. The summed E-state index contributed by atoms with van der Waals surface area (Å²) in [7, 11) is 0. The van der Waals surface area contributed by atoms with E-state index in [0.29, 0.717) is 12.4 Å². The number of imide groups is 1. The minimum Gasteiger partial charge on any atom is -0.491 e. The van der Waals surface area contributed by atoms with Gasteiger partial charge in [0.25, 0.3) is 5.91 Å². The summed E-state index contributed by atoms with van der Waals surface area (Å²) in [4.78, 5) is 26.4. The molecule has 0 radical (unpaired) electrons. The first-order chi connectivity index (χ1) is 7.69. The van der Waals surface area contributed by atoms with E-state index in [2.05, 4.69) is 10.3 Å². The van der Waals surface area contributed by atoms with Crippen molar-refractivity contribution in [3.8, 4) is 5.75 Å². The van der Waals surface area contributed by atoms with Crippen LogP contribution in [0.2, 0.25) is 0 Å². The van der Waals surface area contributed by atoms with Crippen molar-refractivity contribution >= 4 is 11.8 Å². The lowest BCUT2D eigenvalue weighted by Gasteiger charge is -2.07. The maximum atomic E-state index is 11.6. The van der Waals surface area contributed by atoms with Gasteiger partial charge in [-0.3, -0.25) is 14.9 Å². The Kier molecular flexibility index (Phi) is 4.41. The molecule has 0 spiro atoms. The van der Waals surface area contributed by atoms with Gasteiger partial charge in [0, 0.05) is 6.20 Å². The highest BCUT2D eigenvalue weighted by Gasteiger charge is 2.15. The number of hydrogen-bond acceptors (Lipinski definition) is 5. The first kappa shape index (κ1) is 12.1. The van der Waals surface area contributed by atoms with Crippen LogP contribution in [0.1, 0.15) is 17.4 Å². The number of carbonyl (C=O) groups excluding carboxylic acids is 2. The molecule has 16 heavy (non-hydrogen) atoms. The van der Waals surface area contributed by atoms with Crippen LogP contribution in [-0.2, 0) is 4.79 Å². The van der Waals surface area contributed by atoms with Crippen LogP contribution >= 0.6 is 0 Å². The Morgan fingerprint density at radius 3 is 2.94 bits per heavy atom. The molecular weight excluding hydrogens is 210 g/mol. The van der Waals surface area contributed by atoms with Crippen LogP contribution in [0.4, 0.5) is 0 Å². The van der Waals surface area contributed by atoms with Crippen molar-refractivity contribution in [3.63, 3.8) is 0 Å². The number of hydrogen-bond donors (Lipinski definition) is 2. The van der Waals surface area contributed by atoms with Crippen LogP contribution in [0.15, 0.2) is 18.3 Å². The highest BCUT2D eigenvalue weighted by atomic mass is 16.5. The number of ether oxygens (including phenoxy) is 1. The van der Waals surface area contributed by atoms with E-state index in [1.807, 2.05) is 0 Å². The van der Waals surface area contributed by atoms with E-state index < -0.39 is 11.8 Å². The number of nitrogens with zero attached hydrogens (tertiary/aromatic N) is 1. The van der Waals surface area contributed by atoms with Gasteiger partial charge < -0.3 is 10.5 Å². The van der Waals surface area contributed by atoms with Crippen LogP contribution in [0, 0.1) is 0 Å². The van der Waals surface area contributed by atoms with Gasteiger partial charge in [-0.2, -0.15) is 0 Å². The molecule has 0 saturated heterocycles. The highest BCUT2D eigenvalue weighted by Crippen LogP contribution is 2.14. The van der Waals surface area contributed by atoms with Crippen molar-refractivity contribution in [1.82, 2.24) is 10.3 Å². The summed E-state index contributed by atoms with van der Waals surface area (Å²) in [5.74, 6) is -0.829. The summed E-state index contributed by atoms with van der Waals surface area (Å²) in [6.45, 7) is 1.96. The Morgan fingerprint density at radius 2 is 2.31 bits per heavy atom.